The largest absolute Gasteiger partial charge is 0.508 e. The van der Waals surface area contributed by atoms with Crippen molar-refractivity contribution >= 4 is 25.4 Å². The van der Waals surface area contributed by atoms with E-state index in [2.05, 4.69) is 11.9 Å². The van der Waals surface area contributed by atoms with Gasteiger partial charge in [0.25, 0.3) is 0 Å². The Morgan fingerprint density at radius 2 is 1.58 bits per heavy atom. The van der Waals surface area contributed by atoms with Gasteiger partial charge in [-0.05, 0) is 34.4 Å². The third-order valence-electron chi connectivity index (χ3n) is 7.81. The molecule has 2 atom stereocenters. The lowest BCUT2D eigenvalue weighted by molar-refractivity contribution is -0.189. The average Bonchev–Trinajstić information content (AvgIpc) is 3.00. The summed E-state index contributed by atoms with van der Waals surface area (Å²) in [4.78, 5) is 63.4. The van der Waals surface area contributed by atoms with E-state index >= 15 is 0 Å². The molecule has 2 saturated heterocycles. The topological polar surface area (TPSA) is 154 Å². The first-order valence-corrected chi connectivity index (χ1v) is 16.3. The van der Waals surface area contributed by atoms with E-state index in [0.29, 0.717) is 5.56 Å². The Morgan fingerprint density at radius 1 is 0.933 bits per heavy atom. The normalized spacial score (nSPS) is 18.9. The summed E-state index contributed by atoms with van der Waals surface area (Å²) in [5.41, 5.74) is 2.82. The Hall–Kier alpha value is -4.48. The molecule has 13 heteroatoms. The molecule has 2 aliphatic rings. The summed E-state index contributed by atoms with van der Waals surface area (Å²) in [6.07, 6.45) is 0.561. The fourth-order valence-electron chi connectivity index (χ4n) is 5.76. The van der Waals surface area contributed by atoms with Gasteiger partial charge in [0.05, 0.1) is 19.3 Å². The maximum absolute atomic E-state index is 14.1. The monoisotopic (exact) mass is 633 g/mol. The van der Waals surface area contributed by atoms with Crippen molar-refractivity contribution in [3.05, 3.63) is 114 Å². The average molecular weight is 634 g/mol. The minimum absolute atomic E-state index is 0.0350. The Morgan fingerprint density at radius 3 is 2.22 bits per heavy atom. The SMILES string of the molecule is C=CCN1CC(=O)N2[C@@H](Cc3ccc(O)cc3)C(=O)N(Cc3ccc(CP(=O)(O)O)cc3)C[C@@H]2N1C(=O)NCc1ccccc1. The zero-order valence-electron chi connectivity index (χ0n) is 24.6. The molecule has 236 valence electrons. The number of nitrogens with zero attached hydrogens (tertiary/aromatic N) is 4. The zero-order valence-corrected chi connectivity index (χ0v) is 25.5. The second kappa shape index (κ2) is 13.7. The van der Waals surface area contributed by atoms with Crippen molar-refractivity contribution in [3.8, 4) is 5.75 Å². The Balaban J connectivity index is 1.47. The molecule has 0 aliphatic carbocycles. The molecule has 0 bridgehead atoms. The molecule has 0 spiro atoms. The van der Waals surface area contributed by atoms with Crippen LogP contribution in [0.3, 0.4) is 0 Å². The van der Waals surface area contributed by atoms with Crippen LogP contribution >= 0.6 is 7.60 Å². The number of carbonyl (C=O) groups is 3. The molecule has 4 N–H and O–H groups in total. The summed E-state index contributed by atoms with van der Waals surface area (Å²) in [6, 6.07) is 21.2. The van der Waals surface area contributed by atoms with Gasteiger partial charge >= 0.3 is 13.6 Å². The molecular weight excluding hydrogens is 597 g/mol. The number of urea groups is 1. The van der Waals surface area contributed by atoms with Crippen molar-refractivity contribution < 1.29 is 33.8 Å². The lowest BCUT2D eigenvalue weighted by atomic mass is 9.98. The molecule has 0 aromatic heterocycles. The van der Waals surface area contributed by atoms with Gasteiger partial charge in [-0.25, -0.2) is 14.8 Å². The third-order valence-corrected chi connectivity index (χ3v) is 8.59. The zero-order chi connectivity index (χ0) is 32.1. The fourth-order valence-corrected chi connectivity index (χ4v) is 6.45. The second-order valence-corrected chi connectivity index (χ2v) is 12.8. The van der Waals surface area contributed by atoms with Crippen LogP contribution in [0.4, 0.5) is 4.79 Å². The summed E-state index contributed by atoms with van der Waals surface area (Å²) in [6.45, 7) is 4.36. The quantitative estimate of drug-likeness (QED) is 0.196. The number of aromatic hydroxyl groups is 1. The van der Waals surface area contributed by atoms with Gasteiger partial charge in [-0.2, -0.15) is 0 Å². The highest BCUT2D eigenvalue weighted by atomic mass is 31.2. The highest BCUT2D eigenvalue weighted by Gasteiger charge is 2.51. The van der Waals surface area contributed by atoms with E-state index in [1.807, 2.05) is 30.3 Å². The minimum Gasteiger partial charge on any atom is -0.508 e. The van der Waals surface area contributed by atoms with E-state index in [4.69, 9.17) is 0 Å². The number of amides is 4. The lowest BCUT2D eigenvalue weighted by Crippen LogP contribution is -2.76. The van der Waals surface area contributed by atoms with E-state index in [-0.39, 0.29) is 56.7 Å². The van der Waals surface area contributed by atoms with Crippen molar-refractivity contribution in [1.82, 2.24) is 25.1 Å². The number of fused-ring (bicyclic) bond motifs is 1. The summed E-state index contributed by atoms with van der Waals surface area (Å²) in [7, 11) is -4.24. The first kappa shape index (κ1) is 31.9. The number of hydrogen-bond donors (Lipinski definition) is 4. The van der Waals surface area contributed by atoms with Gasteiger partial charge in [0, 0.05) is 26.1 Å². The number of hydrazine groups is 1. The standard InChI is InChI=1S/C32H36N5O7P/c1-2-16-35-21-30(39)36-28(17-23-12-14-27(38)15-13-23)31(40)34(19-25-8-10-26(11-9-25)22-45(42,43)44)20-29(36)37(35)32(41)33-18-24-6-4-3-5-7-24/h2-15,28-29,38H,1,16-22H2,(H,33,41)(H2,42,43,44)/t28-,29-/m0/s1. The van der Waals surface area contributed by atoms with Crippen LogP contribution in [0, 0.1) is 0 Å². The van der Waals surface area contributed by atoms with Crippen molar-refractivity contribution in [3.63, 3.8) is 0 Å². The van der Waals surface area contributed by atoms with E-state index < -0.39 is 32.0 Å². The minimum atomic E-state index is -4.24. The smallest absolute Gasteiger partial charge is 0.334 e. The molecule has 5 rings (SSSR count). The van der Waals surface area contributed by atoms with Crippen molar-refractivity contribution in [1.29, 1.82) is 0 Å². The molecule has 0 saturated carbocycles. The molecule has 2 heterocycles. The highest BCUT2D eigenvalue weighted by Crippen LogP contribution is 2.39. The first-order chi connectivity index (χ1) is 21.5. The Labute approximate surface area is 261 Å². The van der Waals surface area contributed by atoms with E-state index in [1.54, 1.807) is 52.4 Å². The summed E-state index contributed by atoms with van der Waals surface area (Å²) >= 11 is 0. The van der Waals surface area contributed by atoms with Crippen molar-refractivity contribution in [2.75, 3.05) is 19.6 Å². The highest BCUT2D eigenvalue weighted by molar-refractivity contribution is 7.50. The number of rotatable bonds is 10. The molecule has 12 nitrogen and oxygen atoms in total. The third kappa shape index (κ3) is 7.79. The van der Waals surface area contributed by atoms with Gasteiger partial charge < -0.3 is 30.0 Å². The molecule has 3 aromatic carbocycles. The maximum atomic E-state index is 14.1. The molecule has 3 aromatic rings. The summed E-state index contributed by atoms with van der Waals surface area (Å²) in [5, 5.41) is 15.9. The summed E-state index contributed by atoms with van der Waals surface area (Å²) < 4.78 is 11.4. The molecular formula is C32H36N5O7P. The molecule has 0 unspecified atom stereocenters. The van der Waals surface area contributed by atoms with Gasteiger partial charge in [0.2, 0.25) is 11.8 Å². The summed E-state index contributed by atoms with van der Waals surface area (Å²) in [5.74, 6) is -0.521. The Bertz CT molecular complexity index is 1580. The van der Waals surface area contributed by atoms with Crippen LogP contribution in [0.1, 0.15) is 22.3 Å². The number of piperazine rings is 1. The van der Waals surface area contributed by atoms with Crippen molar-refractivity contribution in [2.24, 2.45) is 0 Å². The van der Waals surface area contributed by atoms with Crippen LogP contribution in [0.5, 0.6) is 5.75 Å². The number of phenolic OH excluding ortho intramolecular Hbond substituents is 1. The van der Waals surface area contributed by atoms with Crippen molar-refractivity contribution in [2.45, 2.75) is 37.9 Å². The van der Waals surface area contributed by atoms with Gasteiger partial charge in [-0.3, -0.25) is 14.2 Å². The first-order valence-electron chi connectivity index (χ1n) is 14.5. The number of phenols is 1. The van der Waals surface area contributed by atoms with Crippen LogP contribution in [0.2, 0.25) is 0 Å². The van der Waals surface area contributed by atoms with Crippen LogP contribution in [-0.2, 0) is 39.8 Å². The number of benzene rings is 3. The molecule has 4 amide bonds. The Kier molecular flexibility index (Phi) is 9.69. The van der Waals surface area contributed by atoms with Gasteiger partial charge in [-0.15, -0.1) is 6.58 Å². The van der Waals surface area contributed by atoms with Crippen LogP contribution in [-0.4, -0.2) is 84.4 Å². The van der Waals surface area contributed by atoms with Crippen LogP contribution < -0.4 is 5.32 Å². The lowest BCUT2D eigenvalue weighted by Gasteiger charge is -2.55. The van der Waals surface area contributed by atoms with E-state index in [9.17, 15) is 33.8 Å². The number of carbonyl (C=O) groups excluding carboxylic acids is 3. The van der Waals surface area contributed by atoms with Gasteiger partial charge in [0.15, 0.2) is 0 Å². The molecule has 2 aliphatic heterocycles. The maximum Gasteiger partial charge on any atom is 0.334 e. The molecule has 45 heavy (non-hydrogen) atoms. The fraction of sp³-hybridized carbons (Fsp3) is 0.281. The number of hydrogen-bond acceptors (Lipinski definition) is 6. The number of nitrogens with one attached hydrogen (secondary N) is 1. The second-order valence-electron chi connectivity index (χ2n) is 11.2. The van der Waals surface area contributed by atoms with E-state index in [1.165, 1.54) is 22.0 Å². The molecule has 0 radical (unpaired) electrons. The van der Waals surface area contributed by atoms with E-state index in [0.717, 1.165) is 16.7 Å². The predicted octanol–water partition coefficient (Wildman–Crippen LogP) is 2.81. The van der Waals surface area contributed by atoms with Gasteiger partial charge in [0.1, 0.15) is 18.0 Å². The van der Waals surface area contributed by atoms with Crippen LogP contribution in [0.25, 0.3) is 0 Å². The predicted molar refractivity (Wildman–Crippen MR) is 166 cm³/mol. The van der Waals surface area contributed by atoms with Gasteiger partial charge in [-0.1, -0.05) is 72.8 Å². The van der Waals surface area contributed by atoms with Crippen LogP contribution in [0.15, 0.2) is 91.5 Å². The molecule has 2 fully saturated rings.